The summed E-state index contributed by atoms with van der Waals surface area (Å²) in [6.07, 6.45) is 19.5. The standard InChI is InChI=1S/C19H38O2/c1-2-3-4-5-6-7-8-9-10-11-12-16-20-18-15-19-14-13-17-21-19/h19H,2-18H2,1H3. The van der Waals surface area contributed by atoms with Gasteiger partial charge < -0.3 is 9.47 Å². The summed E-state index contributed by atoms with van der Waals surface area (Å²) in [6.45, 7) is 5.08. The van der Waals surface area contributed by atoms with Crippen LogP contribution in [-0.2, 0) is 9.47 Å². The molecule has 0 N–H and O–H groups in total. The minimum Gasteiger partial charge on any atom is -0.381 e. The third-order valence-corrected chi connectivity index (χ3v) is 4.50. The maximum atomic E-state index is 5.70. The zero-order valence-corrected chi connectivity index (χ0v) is 14.4. The summed E-state index contributed by atoms with van der Waals surface area (Å²) in [4.78, 5) is 0. The molecular weight excluding hydrogens is 260 g/mol. The topological polar surface area (TPSA) is 18.5 Å². The Hall–Kier alpha value is -0.0800. The number of rotatable bonds is 15. The first-order chi connectivity index (χ1) is 10.4. The minimum absolute atomic E-state index is 0.488. The molecule has 1 unspecified atom stereocenters. The minimum atomic E-state index is 0.488. The van der Waals surface area contributed by atoms with Crippen molar-refractivity contribution in [3.05, 3.63) is 0 Å². The van der Waals surface area contributed by atoms with Crippen LogP contribution in [0, 0.1) is 0 Å². The Morgan fingerprint density at radius 3 is 2.00 bits per heavy atom. The number of hydrogen-bond acceptors (Lipinski definition) is 2. The Morgan fingerprint density at radius 2 is 1.43 bits per heavy atom. The van der Waals surface area contributed by atoms with Gasteiger partial charge in [0.2, 0.25) is 0 Å². The lowest BCUT2D eigenvalue weighted by Crippen LogP contribution is -2.09. The van der Waals surface area contributed by atoms with Crippen molar-refractivity contribution < 1.29 is 9.47 Å². The Labute approximate surface area is 133 Å². The number of ether oxygens (including phenoxy) is 2. The molecule has 2 nitrogen and oxygen atoms in total. The van der Waals surface area contributed by atoms with Crippen LogP contribution in [0.25, 0.3) is 0 Å². The summed E-state index contributed by atoms with van der Waals surface area (Å²) < 4.78 is 11.3. The molecule has 126 valence electrons. The van der Waals surface area contributed by atoms with Crippen LogP contribution in [-0.4, -0.2) is 25.9 Å². The SMILES string of the molecule is CCCCCCCCCCCCCOCCC1CCCO1. The van der Waals surface area contributed by atoms with Gasteiger partial charge in [-0.05, 0) is 25.7 Å². The second-order valence-electron chi connectivity index (χ2n) is 6.57. The Balaban J connectivity index is 1.65. The fourth-order valence-electron chi connectivity index (χ4n) is 3.06. The quantitative estimate of drug-likeness (QED) is 0.351. The van der Waals surface area contributed by atoms with Crippen molar-refractivity contribution in [2.24, 2.45) is 0 Å². The molecule has 1 heterocycles. The van der Waals surface area contributed by atoms with Gasteiger partial charge in [-0.1, -0.05) is 71.1 Å². The first-order valence-electron chi connectivity index (χ1n) is 9.63. The third-order valence-electron chi connectivity index (χ3n) is 4.50. The highest BCUT2D eigenvalue weighted by Gasteiger charge is 2.14. The molecule has 0 aromatic heterocycles. The van der Waals surface area contributed by atoms with Crippen LogP contribution in [0.3, 0.4) is 0 Å². The molecule has 1 atom stereocenters. The molecule has 1 aliphatic rings. The highest BCUT2D eigenvalue weighted by molar-refractivity contribution is 4.63. The summed E-state index contributed by atoms with van der Waals surface area (Å²) in [6, 6.07) is 0. The highest BCUT2D eigenvalue weighted by Crippen LogP contribution is 2.15. The summed E-state index contributed by atoms with van der Waals surface area (Å²) in [5.41, 5.74) is 0. The molecule has 2 heteroatoms. The molecule has 0 aromatic carbocycles. The van der Waals surface area contributed by atoms with Crippen LogP contribution in [0.2, 0.25) is 0 Å². The number of unbranched alkanes of at least 4 members (excludes halogenated alkanes) is 10. The van der Waals surface area contributed by atoms with Crippen LogP contribution in [0.5, 0.6) is 0 Å². The summed E-state index contributed by atoms with van der Waals surface area (Å²) in [7, 11) is 0. The number of hydrogen-bond donors (Lipinski definition) is 0. The largest absolute Gasteiger partial charge is 0.381 e. The lowest BCUT2D eigenvalue weighted by Gasteiger charge is -2.09. The molecule has 0 bridgehead atoms. The second-order valence-corrected chi connectivity index (χ2v) is 6.57. The van der Waals surface area contributed by atoms with Crippen molar-refractivity contribution in [2.75, 3.05) is 19.8 Å². The molecule has 1 saturated heterocycles. The zero-order chi connectivity index (χ0) is 15.0. The maximum Gasteiger partial charge on any atom is 0.0597 e. The summed E-state index contributed by atoms with van der Waals surface area (Å²) in [5, 5.41) is 0. The molecule has 0 amide bonds. The molecule has 0 aliphatic carbocycles. The van der Waals surface area contributed by atoms with E-state index in [9.17, 15) is 0 Å². The van der Waals surface area contributed by atoms with Gasteiger partial charge in [-0.25, -0.2) is 0 Å². The molecule has 0 spiro atoms. The average molecular weight is 299 g/mol. The van der Waals surface area contributed by atoms with Crippen molar-refractivity contribution in [3.8, 4) is 0 Å². The van der Waals surface area contributed by atoms with E-state index in [2.05, 4.69) is 6.92 Å². The molecule has 0 saturated carbocycles. The van der Waals surface area contributed by atoms with Crippen molar-refractivity contribution >= 4 is 0 Å². The lowest BCUT2D eigenvalue weighted by atomic mass is 10.1. The van der Waals surface area contributed by atoms with E-state index in [0.717, 1.165) is 26.2 Å². The predicted molar refractivity (Wildman–Crippen MR) is 90.9 cm³/mol. The van der Waals surface area contributed by atoms with Gasteiger partial charge in [0.15, 0.2) is 0 Å². The maximum absolute atomic E-state index is 5.70. The normalized spacial score (nSPS) is 18.4. The lowest BCUT2D eigenvalue weighted by molar-refractivity contribution is 0.0582. The monoisotopic (exact) mass is 298 g/mol. The molecule has 0 aromatic rings. The van der Waals surface area contributed by atoms with Crippen LogP contribution in [0.4, 0.5) is 0 Å². The molecule has 1 fully saturated rings. The first kappa shape index (κ1) is 19.0. The van der Waals surface area contributed by atoms with Crippen molar-refractivity contribution in [2.45, 2.75) is 103 Å². The Kier molecular flexibility index (Phi) is 13.4. The fourth-order valence-corrected chi connectivity index (χ4v) is 3.06. The van der Waals surface area contributed by atoms with Crippen molar-refractivity contribution in [3.63, 3.8) is 0 Å². The van der Waals surface area contributed by atoms with E-state index in [0.29, 0.717) is 6.10 Å². The van der Waals surface area contributed by atoms with E-state index in [-0.39, 0.29) is 0 Å². The highest BCUT2D eigenvalue weighted by atomic mass is 16.5. The molecule has 1 rings (SSSR count). The van der Waals surface area contributed by atoms with E-state index in [4.69, 9.17) is 9.47 Å². The van der Waals surface area contributed by atoms with Crippen molar-refractivity contribution in [1.82, 2.24) is 0 Å². The van der Waals surface area contributed by atoms with Gasteiger partial charge in [-0.3, -0.25) is 0 Å². The second kappa shape index (κ2) is 14.8. The van der Waals surface area contributed by atoms with Crippen molar-refractivity contribution in [1.29, 1.82) is 0 Å². The third kappa shape index (κ3) is 12.2. The molecule has 21 heavy (non-hydrogen) atoms. The molecular formula is C19H38O2. The first-order valence-corrected chi connectivity index (χ1v) is 9.63. The van der Waals surface area contributed by atoms with Crippen LogP contribution in [0.1, 0.15) is 96.8 Å². The van der Waals surface area contributed by atoms with E-state index in [1.54, 1.807) is 0 Å². The van der Waals surface area contributed by atoms with E-state index < -0.39 is 0 Å². The molecule has 1 aliphatic heterocycles. The van der Waals surface area contributed by atoms with Crippen LogP contribution >= 0.6 is 0 Å². The average Bonchev–Trinajstić information content (AvgIpc) is 3.01. The van der Waals surface area contributed by atoms with Gasteiger partial charge >= 0.3 is 0 Å². The summed E-state index contributed by atoms with van der Waals surface area (Å²) in [5.74, 6) is 0. The van der Waals surface area contributed by atoms with Gasteiger partial charge in [0, 0.05) is 19.8 Å². The summed E-state index contributed by atoms with van der Waals surface area (Å²) >= 11 is 0. The van der Waals surface area contributed by atoms with Gasteiger partial charge in [-0.2, -0.15) is 0 Å². The van der Waals surface area contributed by atoms with E-state index in [1.807, 2.05) is 0 Å². The van der Waals surface area contributed by atoms with E-state index >= 15 is 0 Å². The Morgan fingerprint density at radius 1 is 0.810 bits per heavy atom. The smallest absolute Gasteiger partial charge is 0.0597 e. The van der Waals surface area contributed by atoms with Crippen LogP contribution in [0.15, 0.2) is 0 Å². The molecule has 0 radical (unpaired) electrons. The fraction of sp³-hybridized carbons (Fsp3) is 1.00. The zero-order valence-electron chi connectivity index (χ0n) is 14.4. The Bertz CT molecular complexity index is 200. The van der Waals surface area contributed by atoms with Gasteiger partial charge in [0.25, 0.3) is 0 Å². The predicted octanol–water partition coefficient (Wildman–Crippen LogP) is 5.88. The van der Waals surface area contributed by atoms with Gasteiger partial charge in [0.1, 0.15) is 0 Å². The van der Waals surface area contributed by atoms with Crippen LogP contribution < -0.4 is 0 Å². The van der Waals surface area contributed by atoms with E-state index in [1.165, 1.54) is 83.5 Å². The van der Waals surface area contributed by atoms with Gasteiger partial charge in [0.05, 0.1) is 6.10 Å². The van der Waals surface area contributed by atoms with Gasteiger partial charge in [-0.15, -0.1) is 0 Å².